The lowest BCUT2D eigenvalue weighted by Gasteiger charge is -2.35. The van der Waals surface area contributed by atoms with E-state index in [0.29, 0.717) is 16.7 Å². The van der Waals surface area contributed by atoms with Gasteiger partial charge in [0.1, 0.15) is 4.64 Å². The molecule has 0 aliphatic rings. The molecule has 7 heteroatoms. The van der Waals surface area contributed by atoms with Crippen molar-refractivity contribution in [2.45, 2.75) is 38.8 Å². The van der Waals surface area contributed by atoms with Gasteiger partial charge in [0, 0.05) is 6.04 Å². The molecule has 3 aromatic rings. The number of amides is 1. The Balaban J connectivity index is 2.31. The first-order valence-corrected chi connectivity index (χ1v) is 8.69. The van der Waals surface area contributed by atoms with E-state index in [1.165, 1.54) is 0 Å². The maximum absolute atomic E-state index is 13.3. The van der Waals surface area contributed by atoms with Crippen LogP contribution in [0, 0.1) is 4.64 Å². The summed E-state index contributed by atoms with van der Waals surface area (Å²) in [5.41, 5.74) is 0.515. The number of nitrogens with zero attached hydrogens (tertiary/aromatic N) is 3. The number of aromatic amines is 1. The van der Waals surface area contributed by atoms with Gasteiger partial charge in [0.2, 0.25) is 0 Å². The topological polar surface area (TPSA) is 75.6 Å². The van der Waals surface area contributed by atoms with Gasteiger partial charge in [-0.15, -0.1) is 0 Å². The molecule has 3 rings (SSSR count). The van der Waals surface area contributed by atoms with Crippen molar-refractivity contribution in [3.05, 3.63) is 53.1 Å². The molecular formula is C18H21N5OS. The van der Waals surface area contributed by atoms with Crippen molar-refractivity contribution < 1.29 is 4.79 Å². The zero-order valence-electron chi connectivity index (χ0n) is 14.5. The fraction of sp³-hybridized carbons (Fsp3) is 0.333. The summed E-state index contributed by atoms with van der Waals surface area (Å²) in [7, 11) is 0. The smallest absolute Gasteiger partial charge is 0.251 e. The van der Waals surface area contributed by atoms with Crippen molar-refractivity contribution in [2.75, 3.05) is 0 Å². The molecule has 0 saturated carbocycles. The van der Waals surface area contributed by atoms with E-state index in [0.717, 1.165) is 10.9 Å². The van der Waals surface area contributed by atoms with E-state index in [-0.39, 0.29) is 11.9 Å². The summed E-state index contributed by atoms with van der Waals surface area (Å²) in [4.78, 5) is 17.7. The van der Waals surface area contributed by atoms with Gasteiger partial charge in [0.15, 0.2) is 11.2 Å². The molecule has 2 N–H and O–H groups in total. The van der Waals surface area contributed by atoms with Gasteiger partial charge in [-0.1, -0.05) is 49.5 Å². The summed E-state index contributed by atoms with van der Waals surface area (Å²) < 4.78 is 2.32. The first-order valence-electron chi connectivity index (χ1n) is 8.28. The third kappa shape index (κ3) is 2.84. The van der Waals surface area contributed by atoms with E-state index in [1.807, 2.05) is 51.1 Å². The predicted molar refractivity (Wildman–Crippen MR) is 99.8 cm³/mol. The highest BCUT2D eigenvalue weighted by Gasteiger charge is 2.41. The third-order valence-corrected chi connectivity index (χ3v) is 4.76. The Morgan fingerprint density at radius 1 is 1.36 bits per heavy atom. The van der Waals surface area contributed by atoms with Gasteiger partial charge in [-0.3, -0.25) is 9.89 Å². The molecule has 0 aliphatic heterocycles. The van der Waals surface area contributed by atoms with Crippen molar-refractivity contribution >= 4 is 29.2 Å². The van der Waals surface area contributed by atoms with Gasteiger partial charge in [-0.2, -0.15) is 5.10 Å². The highest BCUT2D eigenvalue weighted by Crippen LogP contribution is 2.32. The number of H-pyrrole nitrogens is 1. The quantitative estimate of drug-likeness (QED) is 0.689. The van der Waals surface area contributed by atoms with Crippen LogP contribution in [0.25, 0.3) is 11.0 Å². The Bertz CT molecular complexity index is 947. The lowest BCUT2D eigenvalue weighted by atomic mass is 9.85. The Labute approximate surface area is 151 Å². The lowest BCUT2D eigenvalue weighted by Crippen LogP contribution is -2.51. The number of carbonyl (C=O) groups excluding carboxylic acids is 1. The molecule has 0 bridgehead atoms. The summed E-state index contributed by atoms with van der Waals surface area (Å²) in [5.74, 6) is -0.100. The van der Waals surface area contributed by atoms with Crippen LogP contribution in [-0.2, 0) is 10.3 Å². The number of nitrogens with one attached hydrogen (secondary N) is 2. The Morgan fingerprint density at radius 2 is 2.08 bits per heavy atom. The fourth-order valence-corrected chi connectivity index (χ4v) is 3.47. The number of rotatable bonds is 5. The Hall–Kier alpha value is -2.54. The molecule has 1 unspecified atom stereocenters. The van der Waals surface area contributed by atoms with Gasteiger partial charge in [0.05, 0.1) is 17.9 Å². The van der Waals surface area contributed by atoms with Gasteiger partial charge in [0.25, 0.3) is 5.91 Å². The highest BCUT2D eigenvalue weighted by molar-refractivity contribution is 7.71. The van der Waals surface area contributed by atoms with Crippen molar-refractivity contribution in [1.29, 1.82) is 0 Å². The van der Waals surface area contributed by atoms with E-state index in [4.69, 9.17) is 12.2 Å². The zero-order chi connectivity index (χ0) is 18.0. The van der Waals surface area contributed by atoms with Crippen molar-refractivity contribution in [3.8, 4) is 0 Å². The van der Waals surface area contributed by atoms with Crippen molar-refractivity contribution in [1.82, 2.24) is 25.1 Å². The van der Waals surface area contributed by atoms with Gasteiger partial charge < -0.3 is 9.88 Å². The summed E-state index contributed by atoms with van der Waals surface area (Å²) in [6, 6.07) is 9.70. The molecule has 2 aromatic heterocycles. The molecule has 130 valence electrons. The molecule has 1 aromatic carbocycles. The zero-order valence-corrected chi connectivity index (χ0v) is 15.3. The van der Waals surface area contributed by atoms with Gasteiger partial charge in [-0.05, 0) is 25.8 Å². The van der Waals surface area contributed by atoms with Crippen LogP contribution >= 0.6 is 12.2 Å². The fourth-order valence-electron chi connectivity index (χ4n) is 3.11. The number of hydrogen-bond donors (Lipinski definition) is 2. The Morgan fingerprint density at radius 3 is 2.72 bits per heavy atom. The average molecular weight is 355 g/mol. The van der Waals surface area contributed by atoms with Gasteiger partial charge in [-0.25, -0.2) is 4.98 Å². The molecule has 0 radical (unpaired) electrons. The molecule has 0 spiro atoms. The summed E-state index contributed by atoms with van der Waals surface area (Å²) in [5, 5.41) is 10.6. The molecule has 1 atom stereocenters. The SMILES string of the molecule is CCC(C(=O)NC(C)C)(c1ccccc1)n1cnc2[nH]ncc2c1=S. The van der Waals surface area contributed by atoms with Crippen LogP contribution in [0.15, 0.2) is 42.9 Å². The first kappa shape index (κ1) is 17.3. The van der Waals surface area contributed by atoms with E-state index in [1.54, 1.807) is 17.1 Å². The second-order valence-corrected chi connectivity index (χ2v) is 6.65. The van der Waals surface area contributed by atoms with Crippen LogP contribution in [0.4, 0.5) is 0 Å². The van der Waals surface area contributed by atoms with Crippen LogP contribution in [0.2, 0.25) is 0 Å². The van der Waals surface area contributed by atoms with Crippen molar-refractivity contribution in [2.24, 2.45) is 0 Å². The normalized spacial score (nSPS) is 13.8. The molecule has 0 fully saturated rings. The van der Waals surface area contributed by atoms with Crippen LogP contribution in [0.1, 0.15) is 32.8 Å². The van der Waals surface area contributed by atoms with Crippen LogP contribution in [0.3, 0.4) is 0 Å². The minimum Gasteiger partial charge on any atom is -0.352 e. The predicted octanol–water partition coefficient (Wildman–Crippen LogP) is 3.17. The number of fused-ring (bicyclic) bond motifs is 1. The highest BCUT2D eigenvalue weighted by atomic mass is 32.1. The summed E-state index contributed by atoms with van der Waals surface area (Å²) in [6.45, 7) is 5.87. The number of carbonyl (C=O) groups is 1. The standard InChI is InChI=1S/C18H21N5OS/c1-4-18(17(24)21-12(2)3,13-8-6-5-7-9-13)23-11-19-15-14(16(23)25)10-20-22-15/h5-12H,4H2,1-3H3,(H,20,22)(H,21,24). The summed E-state index contributed by atoms with van der Waals surface area (Å²) in [6.07, 6.45) is 3.81. The average Bonchev–Trinajstić information content (AvgIpc) is 3.08. The second-order valence-electron chi connectivity index (χ2n) is 6.26. The maximum atomic E-state index is 13.3. The third-order valence-electron chi connectivity index (χ3n) is 4.34. The maximum Gasteiger partial charge on any atom is 0.251 e. The molecular weight excluding hydrogens is 334 g/mol. The molecule has 25 heavy (non-hydrogen) atoms. The molecule has 2 heterocycles. The van der Waals surface area contributed by atoms with Crippen LogP contribution < -0.4 is 5.32 Å². The largest absolute Gasteiger partial charge is 0.352 e. The van der Waals surface area contributed by atoms with E-state index in [2.05, 4.69) is 20.5 Å². The molecule has 6 nitrogen and oxygen atoms in total. The van der Waals surface area contributed by atoms with Gasteiger partial charge >= 0.3 is 0 Å². The van der Waals surface area contributed by atoms with Crippen LogP contribution in [0.5, 0.6) is 0 Å². The molecule has 0 saturated heterocycles. The number of aromatic nitrogens is 4. The van der Waals surface area contributed by atoms with E-state index < -0.39 is 5.54 Å². The summed E-state index contributed by atoms with van der Waals surface area (Å²) >= 11 is 5.68. The van der Waals surface area contributed by atoms with E-state index >= 15 is 0 Å². The Kier molecular flexibility index (Phi) is 4.67. The molecule has 1 amide bonds. The monoisotopic (exact) mass is 355 g/mol. The van der Waals surface area contributed by atoms with Crippen molar-refractivity contribution in [3.63, 3.8) is 0 Å². The number of benzene rings is 1. The van der Waals surface area contributed by atoms with Crippen LogP contribution in [-0.4, -0.2) is 31.7 Å². The molecule has 0 aliphatic carbocycles. The van der Waals surface area contributed by atoms with E-state index in [9.17, 15) is 4.79 Å². The first-order chi connectivity index (χ1) is 12.0. The number of hydrogen-bond acceptors (Lipinski definition) is 4. The second kappa shape index (κ2) is 6.76. The minimum absolute atomic E-state index is 0.0157. The lowest BCUT2D eigenvalue weighted by molar-refractivity contribution is -0.128. The minimum atomic E-state index is -0.971.